The van der Waals surface area contributed by atoms with Crippen LogP contribution in [-0.2, 0) is 5.88 Å². The van der Waals surface area contributed by atoms with Gasteiger partial charge in [-0.3, -0.25) is 0 Å². The van der Waals surface area contributed by atoms with Gasteiger partial charge in [0, 0.05) is 16.7 Å². The van der Waals surface area contributed by atoms with E-state index < -0.39 is 0 Å². The lowest BCUT2D eigenvalue weighted by atomic mass is 9.88. The number of hydrogen-bond donors (Lipinski definition) is 0. The average molecular weight is 331 g/mol. The largest absolute Gasteiger partial charge is 0.308 e. The molecule has 0 aliphatic carbocycles. The summed E-state index contributed by atoms with van der Waals surface area (Å²) in [5.74, 6) is 1.27. The molecule has 2 heterocycles. The minimum absolute atomic E-state index is 0.128. The molecule has 2 rings (SSSR count). The fraction of sp³-hybridized carbons (Fsp3) is 0.538. The van der Waals surface area contributed by atoms with Crippen molar-refractivity contribution in [2.75, 3.05) is 0 Å². The molecule has 0 fully saturated rings. The zero-order chi connectivity index (χ0) is 13.5. The molecule has 0 saturated carbocycles. The molecule has 0 amide bonds. The summed E-state index contributed by atoms with van der Waals surface area (Å²) in [6.45, 7) is 8.81. The Labute approximate surface area is 121 Å². The number of halogens is 2. The van der Waals surface area contributed by atoms with Gasteiger partial charge in [0.1, 0.15) is 11.3 Å². The molecular weight excluding hydrogens is 314 g/mol. The number of fused-ring (bicyclic) bond motifs is 1. The van der Waals surface area contributed by atoms with E-state index in [1.807, 2.05) is 6.07 Å². The van der Waals surface area contributed by atoms with Gasteiger partial charge in [-0.1, -0.05) is 20.8 Å². The minimum atomic E-state index is 0.128. The monoisotopic (exact) mass is 329 g/mol. The SMILES string of the molecule is CC(n1c(CCl)nc2cc(Br)cnc21)C(C)(C)C. The fourth-order valence-electron chi connectivity index (χ4n) is 1.89. The molecule has 2 aromatic heterocycles. The smallest absolute Gasteiger partial charge is 0.160 e. The molecule has 98 valence electrons. The van der Waals surface area contributed by atoms with Crippen LogP contribution < -0.4 is 0 Å². The molecular formula is C13H17BrClN3. The summed E-state index contributed by atoms with van der Waals surface area (Å²) in [5.41, 5.74) is 1.91. The molecule has 18 heavy (non-hydrogen) atoms. The molecule has 1 unspecified atom stereocenters. The van der Waals surface area contributed by atoms with Crippen LogP contribution in [0.4, 0.5) is 0 Å². The van der Waals surface area contributed by atoms with Crippen molar-refractivity contribution in [3.63, 3.8) is 0 Å². The normalized spacial score (nSPS) is 14.1. The molecule has 0 N–H and O–H groups in total. The maximum Gasteiger partial charge on any atom is 0.160 e. The second kappa shape index (κ2) is 4.82. The molecule has 0 aromatic carbocycles. The van der Waals surface area contributed by atoms with Crippen LogP contribution in [0.3, 0.4) is 0 Å². The first-order valence-electron chi connectivity index (χ1n) is 5.93. The first-order chi connectivity index (χ1) is 8.34. The van der Waals surface area contributed by atoms with Gasteiger partial charge in [-0.05, 0) is 34.3 Å². The van der Waals surface area contributed by atoms with Crippen LogP contribution in [0.5, 0.6) is 0 Å². The zero-order valence-electron chi connectivity index (χ0n) is 11.0. The topological polar surface area (TPSA) is 30.7 Å². The van der Waals surface area contributed by atoms with Crippen molar-refractivity contribution in [2.24, 2.45) is 5.41 Å². The fourth-order valence-corrected chi connectivity index (χ4v) is 2.40. The van der Waals surface area contributed by atoms with Crippen molar-refractivity contribution in [1.29, 1.82) is 0 Å². The molecule has 0 aliphatic rings. The van der Waals surface area contributed by atoms with Crippen LogP contribution in [0.1, 0.15) is 39.6 Å². The van der Waals surface area contributed by atoms with E-state index in [1.54, 1.807) is 6.20 Å². The lowest BCUT2D eigenvalue weighted by molar-refractivity contribution is 0.263. The summed E-state index contributed by atoms with van der Waals surface area (Å²) < 4.78 is 3.08. The Hall–Kier alpha value is -0.610. The standard InChI is InChI=1S/C13H17BrClN3/c1-8(13(2,3)4)18-11(6-15)17-10-5-9(14)7-16-12(10)18/h5,7-8H,6H2,1-4H3. The minimum Gasteiger partial charge on any atom is -0.308 e. The Bertz CT molecular complexity index is 571. The van der Waals surface area contributed by atoms with Crippen LogP contribution in [0.2, 0.25) is 0 Å². The predicted molar refractivity (Wildman–Crippen MR) is 79.0 cm³/mol. The summed E-state index contributed by atoms with van der Waals surface area (Å²) in [7, 11) is 0. The highest BCUT2D eigenvalue weighted by molar-refractivity contribution is 9.10. The average Bonchev–Trinajstić information content (AvgIpc) is 2.63. The van der Waals surface area contributed by atoms with Crippen molar-refractivity contribution in [2.45, 2.75) is 39.6 Å². The van der Waals surface area contributed by atoms with Crippen molar-refractivity contribution >= 4 is 38.7 Å². The van der Waals surface area contributed by atoms with Gasteiger partial charge < -0.3 is 4.57 Å². The van der Waals surface area contributed by atoms with Gasteiger partial charge in [-0.15, -0.1) is 11.6 Å². The number of alkyl halides is 1. The maximum atomic E-state index is 6.01. The van der Waals surface area contributed by atoms with Gasteiger partial charge >= 0.3 is 0 Å². The Kier molecular flexibility index (Phi) is 3.70. The first-order valence-corrected chi connectivity index (χ1v) is 7.25. The molecule has 0 spiro atoms. The second-order valence-electron chi connectivity index (χ2n) is 5.57. The lowest BCUT2D eigenvalue weighted by Crippen LogP contribution is -2.23. The van der Waals surface area contributed by atoms with E-state index in [-0.39, 0.29) is 11.5 Å². The summed E-state index contributed by atoms with van der Waals surface area (Å²) >= 11 is 9.43. The third kappa shape index (κ3) is 2.41. The lowest BCUT2D eigenvalue weighted by Gasteiger charge is -2.29. The number of aromatic nitrogens is 3. The Morgan fingerprint density at radius 2 is 2.11 bits per heavy atom. The Morgan fingerprint density at radius 3 is 2.67 bits per heavy atom. The Morgan fingerprint density at radius 1 is 1.44 bits per heavy atom. The van der Waals surface area contributed by atoms with E-state index in [0.29, 0.717) is 5.88 Å². The van der Waals surface area contributed by atoms with Gasteiger partial charge in [0.15, 0.2) is 5.65 Å². The predicted octanol–water partition coefficient (Wildman–Crippen LogP) is 4.54. The molecule has 2 aromatic rings. The van der Waals surface area contributed by atoms with Crippen molar-refractivity contribution < 1.29 is 0 Å². The summed E-state index contributed by atoms with van der Waals surface area (Å²) in [6, 6.07) is 2.26. The van der Waals surface area contributed by atoms with E-state index in [4.69, 9.17) is 11.6 Å². The van der Waals surface area contributed by atoms with E-state index in [2.05, 4.69) is 58.2 Å². The summed E-state index contributed by atoms with van der Waals surface area (Å²) in [5, 5.41) is 0. The number of hydrogen-bond acceptors (Lipinski definition) is 2. The van der Waals surface area contributed by atoms with Crippen LogP contribution in [-0.4, -0.2) is 14.5 Å². The van der Waals surface area contributed by atoms with Gasteiger partial charge in [0.2, 0.25) is 0 Å². The molecule has 5 heteroatoms. The first kappa shape index (κ1) is 13.8. The molecule has 0 saturated heterocycles. The van der Waals surface area contributed by atoms with Crippen LogP contribution in [0.25, 0.3) is 11.2 Å². The molecule has 0 aliphatic heterocycles. The third-order valence-electron chi connectivity index (χ3n) is 3.33. The van der Waals surface area contributed by atoms with Crippen LogP contribution in [0, 0.1) is 5.41 Å². The number of pyridine rings is 1. The number of rotatable bonds is 2. The summed E-state index contributed by atoms with van der Waals surface area (Å²) in [4.78, 5) is 9.04. The van der Waals surface area contributed by atoms with E-state index in [1.165, 1.54) is 0 Å². The molecule has 0 radical (unpaired) electrons. The van der Waals surface area contributed by atoms with Gasteiger partial charge in [0.25, 0.3) is 0 Å². The van der Waals surface area contributed by atoms with Crippen molar-refractivity contribution in [3.05, 3.63) is 22.6 Å². The quantitative estimate of drug-likeness (QED) is 0.757. The van der Waals surface area contributed by atoms with Crippen LogP contribution in [0.15, 0.2) is 16.7 Å². The molecule has 1 atom stereocenters. The van der Waals surface area contributed by atoms with E-state index in [0.717, 1.165) is 21.5 Å². The Balaban J connectivity index is 2.68. The van der Waals surface area contributed by atoms with E-state index >= 15 is 0 Å². The van der Waals surface area contributed by atoms with E-state index in [9.17, 15) is 0 Å². The molecule has 0 bridgehead atoms. The highest BCUT2D eigenvalue weighted by Gasteiger charge is 2.26. The highest BCUT2D eigenvalue weighted by Crippen LogP contribution is 2.34. The second-order valence-corrected chi connectivity index (χ2v) is 6.75. The van der Waals surface area contributed by atoms with Gasteiger partial charge in [0.05, 0.1) is 5.88 Å². The van der Waals surface area contributed by atoms with Crippen molar-refractivity contribution in [1.82, 2.24) is 14.5 Å². The maximum absolute atomic E-state index is 6.01. The van der Waals surface area contributed by atoms with Crippen LogP contribution >= 0.6 is 27.5 Å². The number of imidazole rings is 1. The van der Waals surface area contributed by atoms with Crippen molar-refractivity contribution in [3.8, 4) is 0 Å². The highest BCUT2D eigenvalue weighted by atomic mass is 79.9. The number of nitrogens with zero attached hydrogens (tertiary/aromatic N) is 3. The van der Waals surface area contributed by atoms with Gasteiger partial charge in [-0.25, -0.2) is 9.97 Å². The summed E-state index contributed by atoms with van der Waals surface area (Å²) in [6.07, 6.45) is 1.80. The van der Waals surface area contributed by atoms with Gasteiger partial charge in [-0.2, -0.15) is 0 Å². The zero-order valence-corrected chi connectivity index (χ0v) is 13.4. The third-order valence-corrected chi connectivity index (χ3v) is 4.00. The molecule has 3 nitrogen and oxygen atoms in total.